The molecule has 1 aliphatic carbocycles. The number of carbonyl (C=O) groups is 1. The van der Waals surface area contributed by atoms with Crippen molar-refractivity contribution in [1.29, 1.82) is 0 Å². The van der Waals surface area contributed by atoms with Crippen LogP contribution in [0.3, 0.4) is 0 Å². The van der Waals surface area contributed by atoms with Gasteiger partial charge in [0.05, 0.1) is 12.6 Å². The molecule has 0 radical (unpaired) electrons. The van der Waals surface area contributed by atoms with E-state index >= 15 is 0 Å². The summed E-state index contributed by atoms with van der Waals surface area (Å²) in [5.74, 6) is 0.141. The van der Waals surface area contributed by atoms with E-state index in [-0.39, 0.29) is 12.0 Å². The van der Waals surface area contributed by atoms with E-state index < -0.39 is 0 Å². The maximum Gasteiger partial charge on any atom is 0.240 e. The van der Waals surface area contributed by atoms with Gasteiger partial charge in [0.15, 0.2) is 0 Å². The molecule has 0 aromatic rings. The van der Waals surface area contributed by atoms with E-state index in [0.717, 1.165) is 37.9 Å². The monoisotopic (exact) mass is 224 g/mol. The molecule has 0 spiro atoms. The predicted molar refractivity (Wildman–Crippen MR) is 61.8 cm³/mol. The molecule has 1 aliphatic heterocycles. The highest BCUT2D eigenvalue weighted by Gasteiger charge is 2.24. The van der Waals surface area contributed by atoms with E-state index in [0.29, 0.717) is 13.1 Å². The summed E-state index contributed by atoms with van der Waals surface area (Å²) >= 11 is 0. The molecule has 1 fully saturated rings. The van der Waals surface area contributed by atoms with Gasteiger partial charge in [0.2, 0.25) is 5.91 Å². The fourth-order valence-electron chi connectivity index (χ4n) is 2.37. The van der Waals surface area contributed by atoms with Crippen molar-refractivity contribution in [3.8, 4) is 0 Å². The van der Waals surface area contributed by atoms with Gasteiger partial charge in [0, 0.05) is 25.8 Å². The molecule has 2 rings (SSSR count). The first-order chi connectivity index (χ1) is 7.66. The fraction of sp³-hybridized carbons (Fsp3) is 0.750. The Kier molecular flexibility index (Phi) is 3.61. The zero-order valence-corrected chi connectivity index (χ0v) is 9.85. The fourth-order valence-corrected chi connectivity index (χ4v) is 2.37. The number of hydrogen-bond donors (Lipinski definition) is 1. The predicted octanol–water partition coefficient (Wildman–Crippen LogP) is 0.579. The number of aliphatic hydroxyl groups is 1. The molecule has 4 nitrogen and oxygen atoms in total. The molecule has 1 atom stereocenters. The van der Waals surface area contributed by atoms with Gasteiger partial charge >= 0.3 is 0 Å². The number of carbonyl (C=O) groups excluding carboxylic acids is 1. The summed E-state index contributed by atoms with van der Waals surface area (Å²) in [6.45, 7) is 1.91. The average molecular weight is 224 g/mol. The van der Waals surface area contributed by atoms with Gasteiger partial charge in [-0.25, -0.2) is 0 Å². The van der Waals surface area contributed by atoms with Gasteiger partial charge in [-0.2, -0.15) is 0 Å². The van der Waals surface area contributed by atoms with E-state index in [1.807, 2.05) is 11.9 Å². The van der Waals surface area contributed by atoms with Crippen molar-refractivity contribution in [2.45, 2.75) is 31.8 Å². The Labute approximate surface area is 96.5 Å². The van der Waals surface area contributed by atoms with Gasteiger partial charge in [-0.3, -0.25) is 9.69 Å². The zero-order valence-electron chi connectivity index (χ0n) is 9.85. The Morgan fingerprint density at radius 3 is 3.06 bits per heavy atom. The van der Waals surface area contributed by atoms with E-state index in [9.17, 15) is 9.90 Å². The van der Waals surface area contributed by atoms with Gasteiger partial charge in [0.1, 0.15) is 0 Å². The molecular weight excluding hydrogens is 204 g/mol. The summed E-state index contributed by atoms with van der Waals surface area (Å²) in [5, 5.41) is 9.38. The van der Waals surface area contributed by atoms with Gasteiger partial charge < -0.3 is 10.0 Å². The van der Waals surface area contributed by atoms with Gasteiger partial charge in [-0.1, -0.05) is 6.08 Å². The van der Waals surface area contributed by atoms with Crippen molar-refractivity contribution in [3.63, 3.8) is 0 Å². The van der Waals surface area contributed by atoms with Crippen LogP contribution in [0.1, 0.15) is 25.7 Å². The number of likely N-dealkylation sites (N-methyl/N-ethyl adjacent to an activating group) is 1. The lowest BCUT2D eigenvalue weighted by Crippen LogP contribution is -2.37. The number of hydrogen-bond acceptors (Lipinski definition) is 3. The SMILES string of the molecule is CN(C(=O)CN1CC[C@@H](O)C1)C1=CCCC1. The highest BCUT2D eigenvalue weighted by atomic mass is 16.3. The second-order valence-electron chi connectivity index (χ2n) is 4.72. The second kappa shape index (κ2) is 4.97. The lowest BCUT2D eigenvalue weighted by molar-refractivity contribution is -0.129. The molecule has 0 bridgehead atoms. The minimum Gasteiger partial charge on any atom is -0.392 e. The lowest BCUT2D eigenvalue weighted by Gasteiger charge is -2.22. The molecule has 90 valence electrons. The van der Waals surface area contributed by atoms with Crippen LogP contribution < -0.4 is 0 Å². The molecule has 0 saturated carbocycles. The molecule has 0 aromatic heterocycles. The molecule has 2 aliphatic rings. The van der Waals surface area contributed by atoms with Crippen molar-refractivity contribution < 1.29 is 9.90 Å². The third kappa shape index (κ3) is 2.62. The van der Waals surface area contributed by atoms with Crippen LogP contribution in [0.2, 0.25) is 0 Å². The van der Waals surface area contributed by atoms with Gasteiger partial charge in [-0.15, -0.1) is 0 Å². The quantitative estimate of drug-likeness (QED) is 0.762. The van der Waals surface area contributed by atoms with Gasteiger partial charge in [-0.05, 0) is 25.7 Å². The van der Waals surface area contributed by atoms with Crippen LogP contribution in [-0.2, 0) is 4.79 Å². The van der Waals surface area contributed by atoms with E-state index in [1.54, 1.807) is 4.90 Å². The summed E-state index contributed by atoms with van der Waals surface area (Å²) in [6, 6.07) is 0. The Morgan fingerprint density at radius 2 is 2.50 bits per heavy atom. The van der Waals surface area contributed by atoms with Crippen LogP contribution in [0.15, 0.2) is 11.8 Å². The summed E-state index contributed by atoms with van der Waals surface area (Å²) in [5.41, 5.74) is 1.16. The molecule has 1 amide bonds. The summed E-state index contributed by atoms with van der Waals surface area (Å²) in [7, 11) is 1.85. The molecular formula is C12H20N2O2. The Hall–Kier alpha value is -0.870. The summed E-state index contributed by atoms with van der Waals surface area (Å²) in [4.78, 5) is 15.8. The van der Waals surface area contributed by atoms with Gasteiger partial charge in [0.25, 0.3) is 0 Å². The Morgan fingerprint density at radius 1 is 1.69 bits per heavy atom. The smallest absolute Gasteiger partial charge is 0.240 e. The van der Waals surface area contributed by atoms with Crippen molar-refractivity contribution in [1.82, 2.24) is 9.80 Å². The number of rotatable bonds is 3. The van der Waals surface area contributed by atoms with Crippen molar-refractivity contribution in [2.75, 3.05) is 26.7 Å². The topological polar surface area (TPSA) is 43.8 Å². The molecule has 16 heavy (non-hydrogen) atoms. The normalized spacial score (nSPS) is 25.9. The van der Waals surface area contributed by atoms with E-state index in [2.05, 4.69) is 6.08 Å². The number of nitrogens with zero attached hydrogens (tertiary/aromatic N) is 2. The molecule has 0 unspecified atom stereocenters. The van der Waals surface area contributed by atoms with Crippen molar-refractivity contribution in [2.24, 2.45) is 0 Å². The number of β-amino-alcohol motifs (C(OH)–C–C–N with tert-alkyl or cyclic N) is 1. The Bertz CT molecular complexity index is 301. The second-order valence-corrected chi connectivity index (χ2v) is 4.72. The van der Waals surface area contributed by atoms with Crippen LogP contribution in [0, 0.1) is 0 Å². The number of likely N-dealkylation sites (tertiary alicyclic amines) is 1. The molecule has 0 aromatic carbocycles. The number of amides is 1. The highest BCUT2D eigenvalue weighted by molar-refractivity contribution is 5.79. The van der Waals surface area contributed by atoms with Crippen LogP contribution in [0.5, 0.6) is 0 Å². The maximum absolute atomic E-state index is 12.0. The molecule has 1 N–H and O–H groups in total. The zero-order chi connectivity index (χ0) is 11.5. The minimum atomic E-state index is -0.246. The largest absolute Gasteiger partial charge is 0.392 e. The van der Waals surface area contributed by atoms with Crippen LogP contribution >= 0.6 is 0 Å². The van der Waals surface area contributed by atoms with Crippen LogP contribution in [-0.4, -0.2) is 53.6 Å². The van der Waals surface area contributed by atoms with Crippen LogP contribution in [0.4, 0.5) is 0 Å². The summed E-state index contributed by atoms with van der Waals surface area (Å²) < 4.78 is 0. The first kappa shape index (κ1) is 11.6. The minimum absolute atomic E-state index is 0.141. The molecule has 1 heterocycles. The molecule has 1 saturated heterocycles. The standard InChI is InChI=1S/C12H20N2O2/c1-13(10-4-2-3-5-10)12(16)9-14-7-6-11(15)8-14/h4,11,15H,2-3,5-9H2,1H3/t11-/m1/s1. The molecule has 4 heteroatoms. The number of allylic oxidation sites excluding steroid dienone is 2. The highest BCUT2D eigenvalue weighted by Crippen LogP contribution is 2.20. The third-order valence-corrected chi connectivity index (χ3v) is 3.43. The first-order valence-corrected chi connectivity index (χ1v) is 6.03. The van der Waals surface area contributed by atoms with E-state index in [4.69, 9.17) is 0 Å². The lowest BCUT2D eigenvalue weighted by atomic mass is 10.3. The Balaban J connectivity index is 1.83. The average Bonchev–Trinajstić information content (AvgIpc) is 2.88. The maximum atomic E-state index is 12.0. The van der Waals surface area contributed by atoms with E-state index in [1.165, 1.54) is 0 Å². The first-order valence-electron chi connectivity index (χ1n) is 6.03. The third-order valence-electron chi connectivity index (χ3n) is 3.43. The summed E-state index contributed by atoms with van der Waals surface area (Å²) in [6.07, 6.45) is 5.97. The van der Waals surface area contributed by atoms with Crippen LogP contribution in [0.25, 0.3) is 0 Å². The van der Waals surface area contributed by atoms with Crippen molar-refractivity contribution >= 4 is 5.91 Å². The van der Waals surface area contributed by atoms with Crippen molar-refractivity contribution in [3.05, 3.63) is 11.8 Å². The number of aliphatic hydroxyl groups excluding tert-OH is 1.